The van der Waals surface area contributed by atoms with Crippen molar-refractivity contribution in [1.29, 1.82) is 0 Å². The SMILES string of the molecule is CCCCn1c(=O)c2sccc2n2c(=O)n(CC(=O)NC(C)(C)C)nc12. The molecule has 0 aromatic carbocycles. The number of nitrogens with zero attached hydrogens (tertiary/aromatic N) is 4. The second-order valence-corrected chi connectivity index (χ2v) is 8.24. The fourth-order valence-electron chi connectivity index (χ4n) is 2.85. The Balaban J connectivity index is 2.16. The van der Waals surface area contributed by atoms with E-state index in [0.29, 0.717) is 16.8 Å². The van der Waals surface area contributed by atoms with Crippen LogP contribution in [-0.4, -0.2) is 30.2 Å². The van der Waals surface area contributed by atoms with Crippen molar-refractivity contribution in [2.24, 2.45) is 0 Å². The molecule has 0 saturated carbocycles. The summed E-state index contributed by atoms with van der Waals surface area (Å²) >= 11 is 1.31. The predicted molar refractivity (Wildman–Crippen MR) is 102 cm³/mol. The Labute approximate surface area is 154 Å². The van der Waals surface area contributed by atoms with Crippen LogP contribution in [0.1, 0.15) is 40.5 Å². The molecule has 8 nitrogen and oxygen atoms in total. The molecular weight excluding hydrogens is 354 g/mol. The number of carbonyl (C=O) groups is 1. The molecule has 26 heavy (non-hydrogen) atoms. The molecule has 0 aliphatic heterocycles. The molecule has 3 aromatic heterocycles. The van der Waals surface area contributed by atoms with Gasteiger partial charge in [-0.3, -0.25) is 14.2 Å². The lowest BCUT2D eigenvalue weighted by atomic mass is 10.1. The van der Waals surface area contributed by atoms with Crippen molar-refractivity contribution in [1.82, 2.24) is 24.1 Å². The van der Waals surface area contributed by atoms with Crippen molar-refractivity contribution >= 4 is 33.2 Å². The topological polar surface area (TPSA) is 90.4 Å². The van der Waals surface area contributed by atoms with E-state index in [-0.39, 0.29) is 23.8 Å². The number of fused-ring (bicyclic) bond motifs is 3. The number of thiophene rings is 1. The average molecular weight is 377 g/mol. The molecule has 0 spiro atoms. The first-order chi connectivity index (χ1) is 12.2. The molecule has 0 aliphatic carbocycles. The monoisotopic (exact) mass is 377 g/mol. The third-order valence-corrected chi connectivity index (χ3v) is 4.82. The number of hydrogen-bond acceptors (Lipinski definition) is 5. The molecule has 0 bridgehead atoms. The van der Waals surface area contributed by atoms with E-state index in [2.05, 4.69) is 10.4 Å². The van der Waals surface area contributed by atoms with Crippen LogP contribution >= 0.6 is 11.3 Å². The van der Waals surface area contributed by atoms with Gasteiger partial charge in [-0.25, -0.2) is 13.9 Å². The quantitative estimate of drug-likeness (QED) is 0.731. The molecule has 3 rings (SSSR count). The number of carbonyl (C=O) groups excluding carboxylic acids is 1. The zero-order valence-electron chi connectivity index (χ0n) is 15.4. The second kappa shape index (κ2) is 6.71. The molecular formula is C17H23N5O3S. The van der Waals surface area contributed by atoms with Crippen LogP contribution in [0, 0.1) is 0 Å². The molecule has 0 unspecified atom stereocenters. The molecule has 0 fully saturated rings. The first-order valence-corrected chi connectivity index (χ1v) is 9.51. The van der Waals surface area contributed by atoms with Gasteiger partial charge >= 0.3 is 5.69 Å². The van der Waals surface area contributed by atoms with Crippen molar-refractivity contribution < 1.29 is 4.79 Å². The third-order valence-electron chi connectivity index (χ3n) is 3.93. The number of nitrogens with one attached hydrogen (secondary N) is 1. The van der Waals surface area contributed by atoms with Gasteiger partial charge in [0.1, 0.15) is 11.2 Å². The van der Waals surface area contributed by atoms with E-state index in [1.54, 1.807) is 11.4 Å². The number of unbranched alkanes of at least 4 members (excludes halogenated alkanes) is 1. The van der Waals surface area contributed by atoms with E-state index >= 15 is 0 Å². The summed E-state index contributed by atoms with van der Waals surface area (Å²) in [6, 6.07) is 1.74. The summed E-state index contributed by atoms with van der Waals surface area (Å²) in [5.74, 6) is -0.0186. The van der Waals surface area contributed by atoms with Crippen molar-refractivity contribution in [2.75, 3.05) is 0 Å². The first-order valence-electron chi connectivity index (χ1n) is 8.63. The van der Waals surface area contributed by atoms with Gasteiger partial charge in [0.25, 0.3) is 5.56 Å². The maximum atomic E-state index is 12.9. The molecule has 0 atom stereocenters. The lowest BCUT2D eigenvalue weighted by Gasteiger charge is -2.20. The number of aromatic nitrogens is 4. The highest BCUT2D eigenvalue weighted by molar-refractivity contribution is 7.17. The van der Waals surface area contributed by atoms with Gasteiger partial charge in [-0.2, -0.15) is 0 Å². The molecule has 3 aromatic rings. The highest BCUT2D eigenvalue weighted by Crippen LogP contribution is 2.17. The Hall–Kier alpha value is -2.42. The van der Waals surface area contributed by atoms with Gasteiger partial charge in [0, 0.05) is 12.1 Å². The van der Waals surface area contributed by atoms with Crippen molar-refractivity contribution in [3.05, 3.63) is 32.3 Å². The minimum Gasteiger partial charge on any atom is -0.350 e. The summed E-state index contributed by atoms with van der Waals surface area (Å²) in [5.41, 5.74) is -0.427. The summed E-state index contributed by atoms with van der Waals surface area (Å²) in [5, 5.41) is 8.90. The fourth-order valence-corrected chi connectivity index (χ4v) is 3.67. The maximum absolute atomic E-state index is 12.9. The largest absolute Gasteiger partial charge is 0.352 e. The van der Waals surface area contributed by atoms with Crippen LogP contribution in [0.25, 0.3) is 16.0 Å². The van der Waals surface area contributed by atoms with E-state index in [9.17, 15) is 14.4 Å². The molecule has 1 N–H and O–H groups in total. The molecule has 9 heteroatoms. The van der Waals surface area contributed by atoms with Gasteiger partial charge in [0.05, 0.1) is 5.52 Å². The molecule has 0 saturated heterocycles. The standard InChI is InChI=1S/C17H23N5O3S/c1-5-6-8-20-14(24)13-11(7-9-26-13)22-15(20)19-21(16(22)25)10-12(23)18-17(2,3)4/h7,9H,5-6,8,10H2,1-4H3,(H,18,23). The smallest absolute Gasteiger partial charge is 0.350 e. The van der Waals surface area contributed by atoms with Crippen LogP contribution in [0.2, 0.25) is 0 Å². The van der Waals surface area contributed by atoms with Crippen LogP contribution in [0.3, 0.4) is 0 Å². The van der Waals surface area contributed by atoms with Crippen LogP contribution in [0.5, 0.6) is 0 Å². The Bertz CT molecular complexity index is 1080. The van der Waals surface area contributed by atoms with Crippen molar-refractivity contribution in [2.45, 2.75) is 59.2 Å². The Morgan fingerprint density at radius 3 is 2.69 bits per heavy atom. The van der Waals surface area contributed by atoms with Gasteiger partial charge in [-0.1, -0.05) is 13.3 Å². The van der Waals surface area contributed by atoms with E-state index in [0.717, 1.165) is 17.5 Å². The van der Waals surface area contributed by atoms with Gasteiger partial charge in [0.2, 0.25) is 11.7 Å². The summed E-state index contributed by atoms with van der Waals surface area (Å²) in [4.78, 5) is 37.8. The maximum Gasteiger partial charge on any atom is 0.352 e. The van der Waals surface area contributed by atoms with E-state index in [1.165, 1.54) is 20.3 Å². The zero-order chi connectivity index (χ0) is 19.1. The van der Waals surface area contributed by atoms with Crippen LogP contribution < -0.4 is 16.6 Å². The lowest BCUT2D eigenvalue weighted by molar-refractivity contribution is -0.123. The molecule has 1 amide bonds. The molecule has 140 valence electrons. The van der Waals surface area contributed by atoms with E-state index in [1.807, 2.05) is 27.7 Å². The highest BCUT2D eigenvalue weighted by atomic mass is 32.1. The molecule has 0 aliphatic rings. The molecule has 0 radical (unpaired) electrons. The normalized spacial score (nSPS) is 12.2. The summed E-state index contributed by atoms with van der Waals surface area (Å²) in [6.07, 6.45) is 1.72. The van der Waals surface area contributed by atoms with Crippen molar-refractivity contribution in [3.8, 4) is 0 Å². The van der Waals surface area contributed by atoms with Gasteiger partial charge in [-0.15, -0.1) is 16.4 Å². The fraction of sp³-hybridized carbons (Fsp3) is 0.529. The van der Waals surface area contributed by atoms with Crippen molar-refractivity contribution in [3.63, 3.8) is 0 Å². The van der Waals surface area contributed by atoms with Gasteiger partial charge in [0.15, 0.2) is 0 Å². The predicted octanol–water partition coefficient (Wildman–Crippen LogP) is 1.59. The minimum atomic E-state index is -0.419. The lowest BCUT2D eigenvalue weighted by Crippen LogP contribution is -2.43. The number of rotatable bonds is 5. The summed E-state index contributed by atoms with van der Waals surface area (Å²) in [6.45, 7) is 7.94. The summed E-state index contributed by atoms with van der Waals surface area (Å²) < 4.78 is 4.60. The Morgan fingerprint density at radius 2 is 2.04 bits per heavy atom. The van der Waals surface area contributed by atoms with E-state index in [4.69, 9.17) is 0 Å². The van der Waals surface area contributed by atoms with Crippen LogP contribution in [0.15, 0.2) is 21.0 Å². The Kier molecular flexibility index (Phi) is 4.74. The van der Waals surface area contributed by atoms with Crippen LogP contribution in [-0.2, 0) is 17.9 Å². The first kappa shape index (κ1) is 18.4. The Morgan fingerprint density at radius 1 is 1.31 bits per heavy atom. The minimum absolute atomic E-state index is 0.146. The number of aryl methyl sites for hydroxylation is 1. The van der Waals surface area contributed by atoms with Gasteiger partial charge in [-0.05, 0) is 38.6 Å². The number of amides is 1. The number of hydrogen-bond donors (Lipinski definition) is 1. The molecule has 3 heterocycles. The van der Waals surface area contributed by atoms with E-state index < -0.39 is 11.2 Å². The zero-order valence-corrected chi connectivity index (χ0v) is 16.2. The third kappa shape index (κ3) is 3.31. The van der Waals surface area contributed by atoms with Gasteiger partial charge < -0.3 is 5.32 Å². The summed E-state index contributed by atoms with van der Waals surface area (Å²) in [7, 11) is 0. The highest BCUT2D eigenvalue weighted by Gasteiger charge is 2.20. The average Bonchev–Trinajstić information content (AvgIpc) is 3.11. The van der Waals surface area contributed by atoms with Crippen LogP contribution in [0.4, 0.5) is 0 Å². The second-order valence-electron chi connectivity index (χ2n) is 7.32.